The monoisotopic (exact) mass is 239 g/mol. The smallest absolute Gasteiger partial charge is 0.123 e. The van der Waals surface area contributed by atoms with Gasteiger partial charge in [-0.3, -0.25) is 0 Å². The summed E-state index contributed by atoms with van der Waals surface area (Å²) in [6.45, 7) is 6.94. The fourth-order valence-corrected chi connectivity index (χ4v) is 1.90. The first-order valence-corrected chi connectivity index (χ1v) is 7.03. The minimum Gasteiger partial charge on any atom is -0.492 e. The third kappa shape index (κ3) is 4.90. The second-order valence-corrected chi connectivity index (χ2v) is 4.83. The van der Waals surface area contributed by atoms with Crippen LogP contribution in [-0.4, -0.2) is 24.7 Å². The Kier molecular flexibility index (Phi) is 7.10. The van der Waals surface area contributed by atoms with Crippen molar-refractivity contribution in [3.05, 3.63) is 29.8 Å². The Morgan fingerprint density at radius 1 is 1.25 bits per heavy atom. The second kappa shape index (κ2) is 8.48. The summed E-state index contributed by atoms with van der Waals surface area (Å²) in [6.07, 6.45) is 0. The molecule has 0 spiro atoms. The summed E-state index contributed by atoms with van der Waals surface area (Å²) in [5.41, 5.74) is 1.24. The Morgan fingerprint density at radius 3 is 2.81 bits per heavy atom. The third-order valence-electron chi connectivity index (χ3n) is 2.23. The van der Waals surface area contributed by atoms with Gasteiger partial charge < -0.3 is 10.1 Å². The summed E-state index contributed by atoms with van der Waals surface area (Å²) < 4.78 is 5.78. The van der Waals surface area contributed by atoms with Gasteiger partial charge in [0.1, 0.15) is 5.75 Å². The summed E-state index contributed by atoms with van der Waals surface area (Å²) in [6, 6.07) is 8.24. The average molecular weight is 239 g/mol. The van der Waals surface area contributed by atoms with E-state index in [0.29, 0.717) is 0 Å². The molecule has 0 bridgehead atoms. The number of nitrogens with one attached hydrogen (secondary N) is 1. The molecule has 2 nitrogen and oxygen atoms in total. The van der Waals surface area contributed by atoms with E-state index in [0.717, 1.165) is 37.0 Å². The van der Waals surface area contributed by atoms with E-state index in [4.69, 9.17) is 4.74 Å². The SMILES string of the molecule is CCNCc1ccccc1OCCSCC. The van der Waals surface area contributed by atoms with Gasteiger partial charge in [0.2, 0.25) is 0 Å². The highest BCUT2D eigenvalue weighted by atomic mass is 32.2. The molecular weight excluding hydrogens is 218 g/mol. The Labute approximate surface area is 103 Å². The molecule has 0 aromatic heterocycles. The predicted octanol–water partition coefficient (Wildman–Crippen LogP) is 2.93. The summed E-state index contributed by atoms with van der Waals surface area (Å²) in [4.78, 5) is 0. The highest BCUT2D eigenvalue weighted by molar-refractivity contribution is 7.99. The maximum Gasteiger partial charge on any atom is 0.123 e. The van der Waals surface area contributed by atoms with Crippen LogP contribution in [0.2, 0.25) is 0 Å². The lowest BCUT2D eigenvalue weighted by Gasteiger charge is -2.11. The van der Waals surface area contributed by atoms with Crippen LogP contribution in [0.15, 0.2) is 24.3 Å². The molecule has 0 atom stereocenters. The van der Waals surface area contributed by atoms with Crippen LogP contribution in [0, 0.1) is 0 Å². The van der Waals surface area contributed by atoms with Crippen LogP contribution in [-0.2, 0) is 6.54 Å². The molecule has 1 aromatic carbocycles. The van der Waals surface area contributed by atoms with E-state index in [1.165, 1.54) is 5.56 Å². The van der Waals surface area contributed by atoms with E-state index in [1.54, 1.807) is 0 Å². The van der Waals surface area contributed by atoms with Gasteiger partial charge in [-0.2, -0.15) is 11.8 Å². The van der Waals surface area contributed by atoms with E-state index >= 15 is 0 Å². The van der Waals surface area contributed by atoms with Crippen molar-refractivity contribution in [2.45, 2.75) is 20.4 Å². The van der Waals surface area contributed by atoms with Gasteiger partial charge in [0.15, 0.2) is 0 Å². The maximum atomic E-state index is 5.78. The molecule has 0 saturated heterocycles. The van der Waals surface area contributed by atoms with E-state index in [-0.39, 0.29) is 0 Å². The lowest BCUT2D eigenvalue weighted by molar-refractivity contribution is 0.339. The first-order chi connectivity index (χ1) is 7.88. The molecule has 16 heavy (non-hydrogen) atoms. The molecule has 1 rings (SSSR count). The first-order valence-electron chi connectivity index (χ1n) is 5.87. The Bertz CT molecular complexity index is 291. The fraction of sp³-hybridized carbons (Fsp3) is 0.538. The van der Waals surface area contributed by atoms with Crippen LogP contribution in [0.5, 0.6) is 5.75 Å². The van der Waals surface area contributed by atoms with Crippen molar-refractivity contribution in [2.75, 3.05) is 24.7 Å². The van der Waals surface area contributed by atoms with E-state index < -0.39 is 0 Å². The lowest BCUT2D eigenvalue weighted by atomic mass is 10.2. The molecule has 0 heterocycles. The number of benzene rings is 1. The normalized spacial score (nSPS) is 10.4. The number of para-hydroxylation sites is 1. The molecule has 1 aromatic rings. The highest BCUT2D eigenvalue weighted by Crippen LogP contribution is 2.17. The molecule has 0 aliphatic rings. The Hall–Kier alpha value is -0.670. The van der Waals surface area contributed by atoms with Gasteiger partial charge in [0, 0.05) is 17.9 Å². The van der Waals surface area contributed by atoms with Crippen LogP contribution >= 0.6 is 11.8 Å². The van der Waals surface area contributed by atoms with Crippen molar-refractivity contribution in [1.82, 2.24) is 5.32 Å². The van der Waals surface area contributed by atoms with E-state index in [9.17, 15) is 0 Å². The van der Waals surface area contributed by atoms with Gasteiger partial charge in [-0.05, 0) is 18.4 Å². The maximum absolute atomic E-state index is 5.78. The van der Waals surface area contributed by atoms with Crippen LogP contribution in [0.25, 0.3) is 0 Å². The molecule has 0 amide bonds. The average Bonchev–Trinajstić information content (AvgIpc) is 2.33. The number of thioether (sulfide) groups is 1. The molecule has 0 saturated carbocycles. The fourth-order valence-electron chi connectivity index (χ4n) is 1.41. The highest BCUT2D eigenvalue weighted by Gasteiger charge is 2.01. The van der Waals surface area contributed by atoms with Crippen molar-refractivity contribution in [1.29, 1.82) is 0 Å². The van der Waals surface area contributed by atoms with Crippen LogP contribution < -0.4 is 10.1 Å². The molecular formula is C13H21NOS. The molecule has 0 aliphatic heterocycles. The largest absolute Gasteiger partial charge is 0.492 e. The van der Waals surface area contributed by atoms with E-state index in [1.807, 2.05) is 23.9 Å². The summed E-state index contributed by atoms with van der Waals surface area (Å²) in [7, 11) is 0. The number of hydrogen-bond donors (Lipinski definition) is 1. The zero-order valence-corrected chi connectivity index (χ0v) is 11.0. The zero-order chi connectivity index (χ0) is 11.6. The number of rotatable bonds is 8. The molecule has 0 unspecified atom stereocenters. The van der Waals surface area contributed by atoms with Gasteiger partial charge in [-0.1, -0.05) is 32.0 Å². The number of hydrogen-bond acceptors (Lipinski definition) is 3. The van der Waals surface area contributed by atoms with Gasteiger partial charge in [-0.15, -0.1) is 0 Å². The van der Waals surface area contributed by atoms with Crippen molar-refractivity contribution in [3.8, 4) is 5.75 Å². The van der Waals surface area contributed by atoms with Crippen LogP contribution in [0.3, 0.4) is 0 Å². The van der Waals surface area contributed by atoms with Crippen molar-refractivity contribution >= 4 is 11.8 Å². The van der Waals surface area contributed by atoms with Crippen molar-refractivity contribution in [3.63, 3.8) is 0 Å². The minimum absolute atomic E-state index is 0.793. The van der Waals surface area contributed by atoms with Gasteiger partial charge in [0.25, 0.3) is 0 Å². The predicted molar refractivity (Wildman–Crippen MR) is 72.3 cm³/mol. The molecule has 0 radical (unpaired) electrons. The lowest BCUT2D eigenvalue weighted by Crippen LogP contribution is -2.13. The van der Waals surface area contributed by atoms with E-state index in [2.05, 4.69) is 31.3 Å². The summed E-state index contributed by atoms with van der Waals surface area (Å²) >= 11 is 1.91. The molecule has 0 aliphatic carbocycles. The van der Waals surface area contributed by atoms with Gasteiger partial charge in [0.05, 0.1) is 6.61 Å². The quantitative estimate of drug-likeness (QED) is 0.705. The van der Waals surface area contributed by atoms with Crippen LogP contribution in [0.4, 0.5) is 0 Å². The molecule has 1 N–H and O–H groups in total. The van der Waals surface area contributed by atoms with Crippen LogP contribution in [0.1, 0.15) is 19.4 Å². The van der Waals surface area contributed by atoms with Crippen molar-refractivity contribution < 1.29 is 4.74 Å². The Morgan fingerprint density at radius 2 is 2.06 bits per heavy atom. The standard InChI is InChI=1S/C13H21NOS/c1-3-14-11-12-7-5-6-8-13(12)15-9-10-16-4-2/h5-8,14H,3-4,9-11H2,1-2H3. The molecule has 3 heteroatoms. The number of ether oxygens (including phenoxy) is 1. The van der Waals surface area contributed by atoms with Crippen molar-refractivity contribution in [2.24, 2.45) is 0 Å². The minimum atomic E-state index is 0.793. The second-order valence-electron chi connectivity index (χ2n) is 3.43. The van der Waals surface area contributed by atoms with Gasteiger partial charge >= 0.3 is 0 Å². The third-order valence-corrected chi connectivity index (χ3v) is 3.09. The summed E-state index contributed by atoms with van der Waals surface area (Å²) in [5, 5.41) is 3.32. The summed E-state index contributed by atoms with van der Waals surface area (Å²) in [5.74, 6) is 3.23. The topological polar surface area (TPSA) is 21.3 Å². The van der Waals surface area contributed by atoms with Gasteiger partial charge in [-0.25, -0.2) is 0 Å². The first kappa shape index (κ1) is 13.4. The molecule has 90 valence electrons. The molecule has 0 fully saturated rings. The zero-order valence-electron chi connectivity index (χ0n) is 10.2. The Balaban J connectivity index is 2.43.